The summed E-state index contributed by atoms with van der Waals surface area (Å²) in [6.07, 6.45) is 8.20. The number of ether oxygens (including phenoxy) is 2. The first-order valence-electron chi connectivity index (χ1n) is 16.4. The van der Waals surface area contributed by atoms with Gasteiger partial charge in [0.25, 0.3) is 11.8 Å². The SMILES string of the molecule is C=C/C=C\C(=C/C)N1C(=O)/C(=C/c2cc(I)c(OCc3cccc(C)c3)c(OC)c2)C(=O)N=C1SCC(=O)NC(c1ccccc1)c1ccccc1. The third-order valence-corrected chi connectivity index (χ3v) is 9.68. The van der Waals surface area contributed by atoms with E-state index in [-0.39, 0.29) is 22.4 Å². The summed E-state index contributed by atoms with van der Waals surface area (Å²) in [6.45, 7) is 7.89. The average Bonchev–Trinajstić information content (AvgIpc) is 3.15. The van der Waals surface area contributed by atoms with Gasteiger partial charge in [-0.1, -0.05) is 127 Å². The first kappa shape index (κ1) is 38.0. The topological polar surface area (TPSA) is 97.3 Å². The van der Waals surface area contributed by atoms with Crippen molar-refractivity contribution in [2.45, 2.75) is 26.5 Å². The van der Waals surface area contributed by atoms with Crippen LogP contribution in [0.3, 0.4) is 0 Å². The summed E-state index contributed by atoms with van der Waals surface area (Å²) < 4.78 is 12.5. The minimum absolute atomic E-state index is 0.0899. The van der Waals surface area contributed by atoms with E-state index in [1.165, 1.54) is 18.1 Å². The molecule has 1 aliphatic heterocycles. The highest BCUT2D eigenvalue weighted by atomic mass is 127. The molecular weight excluding hydrogens is 785 g/mol. The zero-order valence-electron chi connectivity index (χ0n) is 29.0. The number of thioether (sulfide) groups is 1. The molecule has 0 bridgehead atoms. The lowest BCUT2D eigenvalue weighted by molar-refractivity contribution is -0.126. The second-order valence-electron chi connectivity index (χ2n) is 11.6. The number of amidine groups is 1. The monoisotopic (exact) mass is 823 g/mol. The van der Waals surface area contributed by atoms with Crippen molar-refractivity contribution in [1.29, 1.82) is 0 Å². The predicted molar refractivity (Wildman–Crippen MR) is 217 cm³/mol. The van der Waals surface area contributed by atoms with Crippen molar-refractivity contribution in [3.63, 3.8) is 0 Å². The number of methoxy groups -OCH3 is 1. The molecule has 4 aromatic carbocycles. The summed E-state index contributed by atoms with van der Waals surface area (Å²) in [5, 5.41) is 3.20. The maximum Gasteiger partial charge on any atom is 0.285 e. The molecule has 1 N–H and O–H groups in total. The minimum atomic E-state index is -0.715. The Hall–Kier alpha value is -5.20. The molecule has 0 saturated carbocycles. The second-order valence-corrected chi connectivity index (χ2v) is 13.7. The van der Waals surface area contributed by atoms with Gasteiger partial charge in [0.05, 0.1) is 22.5 Å². The van der Waals surface area contributed by atoms with Crippen LogP contribution in [0.4, 0.5) is 0 Å². The molecule has 0 aliphatic carbocycles. The zero-order valence-corrected chi connectivity index (χ0v) is 32.0. The fraction of sp³-hybridized carbons (Fsp3) is 0.143. The van der Waals surface area contributed by atoms with Crippen LogP contribution in [-0.2, 0) is 21.0 Å². The van der Waals surface area contributed by atoms with Crippen molar-refractivity contribution in [1.82, 2.24) is 10.2 Å². The molecule has 3 amide bonds. The Labute approximate surface area is 322 Å². The van der Waals surface area contributed by atoms with Crippen LogP contribution in [0.15, 0.2) is 144 Å². The van der Waals surface area contributed by atoms with Gasteiger partial charge in [-0.05, 0) is 83.0 Å². The summed E-state index contributed by atoms with van der Waals surface area (Å²) in [5.41, 5.74) is 4.88. The Balaban J connectivity index is 1.41. The number of allylic oxidation sites excluding steroid dienone is 4. The lowest BCUT2D eigenvalue weighted by atomic mass is 9.99. The summed E-state index contributed by atoms with van der Waals surface area (Å²) in [4.78, 5) is 46.8. The lowest BCUT2D eigenvalue weighted by Gasteiger charge is -2.28. The number of nitrogens with one attached hydrogen (secondary N) is 1. The number of aryl methyl sites for hydroxylation is 1. The number of carbonyl (C=O) groups excluding carboxylic acids is 3. The molecule has 0 fully saturated rings. The van der Waals surface area contributed by atoms with E-state index in [0.29, 0.717) is 29.4 Å². The molecular formula is C42H38IN3O5S. The van der Waals surface area contributed by atoms with Crippen LogP contribution in [0.2, 0.25) is 0 Å². The number of halogens is 1. The van der Waals surface area contributed by atoms with Crippen LogP contribution < -0.4 is 14.8 Å². The van der Waals surface area contributed by atoms with Crippen molar-refractivity contribution in [2.75, 3.05) is 12.9 Å². The van der Waals surface area contributed by atoms with Crippen LogP contribution in [0, 0.1) is 10.5 Å². The minimum Gasteiger partial charge on any atom is -0.493 e. The van der Waals surface area contributed by atoms with Crippen molar-refractivity contribution in [2.24, 2.45) is 4.99 Å². The molecule has 0 radical (unpaired) electrons. The molecule has 0 aromatic heterocycles. The van der Waals surface area contributed by atoms with E-state index < -0.39 is 17.9 Å². The second kappa shape index (κ2) is 18.3. The molecule has 1 heterocycles. The Morgan fingerprint density at radius 3 is 2.31 bits per heavy atom. The summed E-state index contributed by atoms with van der Waals surface area (Å²) in [6, 6.07) is 30.5. The molecule has 8 nitrogen and oxygen atoms in total. The standard InChI is InChI=1S/C42H38IN3O5S/c1-5-7-21-33(6-2)46-41(49)34(23-30-24-35(43)39(36(25-30)50-4)51-26-29-16-14-15-28(3)22-29)40(48)45-42(46)52-27-37(47)44-38(31-17-10-8-11-18-31)32-19-12-9-13-20-32/h5-25,38H,1,26-27H2,2-4H3,(H,44,47)/b21-7-,33-6+,34-23+. The number of carbonyl (C=O) groups is 3. The van der Waals surface area contributed by atoms with Crippen LogP contribution in [0.1, 0.15) is 40.8 Å². The van der Waals surface area contributed by atoms with E-state index in [4.69, 9.17) is 9.47 Å². The molecule has 0 unspecified atom stereocenters. The van der Waals surface area contributed by atoms with Gasteiger partial charge in [0.2, 0.25) is 5.91 Å². The zero-order chi connectivity index (χ0) is 37.0. The van der Waals surface area contributed by atoms with E-state index >= 15 is 0 Å². The molecule has 0 saturated heterocycles. The molecule has 5 rings (SSSR count). The highest BCUT2D eigenvalue weighted by Crippen LogP contribution is 2.36. The van der Waals surface area contributed by atoms with E-state index in [2.05, 4.69) is 45.5 Å². The number of rotatable bonds is 13. The van der Waals surface area contributed by atoms with Crippen molar-refractivity contribution in [3.8, 4) is 11.5 Å². The maximum absolute atomic E-state index is 14.2. The summed E-state index contributed by atoms with van der Waals surface area (Å²) >= 11 is 3.16. The van der Waals surface area contributed by atoms with Gasteiger partial charge in [0, 0.05) is 5.70 Å². The molecule has 1 aliphatic rings. The van der Waals surface area contributed by atoms with Crippen molar-refractivity contribution >= 4 is 63.3 Å². The highest BCUT2D eigenvalue weighted by molar-refractivity contribution is 14.1. The average molecular weight is 824 g/mol. The van der Waals surface area contributed by atoms with E-state index in [0.717, 1.165) is 37.6 Å². The van der Waals surface area contributed by atoms with Crippen LogP contribution in [0.5, 0.6) is 11.5 Å². The number of benzene rings is 4. The highest BCUT2D eigenvalue weighted by Gasteiger charge is 2.35. The van der Waals surface area contributed by atoms with Gasteiger partial charge >= 0.3 is 0 Å². The molecule has 10 heteroatoms. The Morgan fingerprint density at radius 2 is 1.69 bits per heavy atom. The quantitative estimate of drug-likeness (QED) is 0.0629. The summed E-state index contributed by atoms with van der Waals surface area (Å²) in [7, 11) is 1.54. The van der Waals surface area contributed by atoms with Crippen molar-refractivity contribution in [3.05, 3.63) is 171 Å². The van der Waals surface area contributed by atoms with E-state index in [9.17, 15) is 14.4 Å². The predicted octanol–water partition coefficient (Wildman–Crippen LogP) is 8.58. The van der Waals surface area contributed by atoms with Crippen LogP contribution >= 0.6 is 34.4 Å². The van der Waals surface area contributed by atoms with Gasteiger partial charge < -0.3 is 14.8 Å². The molecule has 52 heavy (non-hydrogen) atoms. The van der Waals surface area contributed by atoms with Crippen LogP contribution in [-0.4, -0.2) is 40.7 Å². The Bertz CT molecular complexity index is 2040. The smallest absolute Gasteiger partial charge is 0.285 e. The normalized spacial score (nSPS) is 14.2. The van der Waals surface area contributed by atoms with Crippen molar-refractivity contribution < 1.29 is 23.9 Å². The number of aliphatic imine (C=N–C) groups is 1. The molecule has 4 aromatic rings. The number of hydrogen-bond donors (Lipinski definition) is 1. The van der Waals surface area contributed by atoms with Gasteiger partial charge in [-0.3, -0.25) is 19.3 Å². The van der Waals surface area contributed by atoms with E-state index in [1.807, 2.05) is 91.9 Å². The first-order chi connectivity index (χ1) is 25.2. The third kappa shape index (κ3) is 9.56. The third-order valence-electron chi connectivity index (χ3n) is 7.94. The number of amides is 3. The fourth-order valence-corrected chi connectivity index (χ4v) is 7.07. The van der Waals surface area contributed by atoms with E-state index in [1.54, 1.807) is 37.3 Å². The first-order valence-corrected chi connectivity index (χ1v) is 18.5. The molecule has 264 valence electrons. The van der Waals surface area contributed by atoms with Gasteiger partial charge in [0.1, 0.15) is 12.2 Å². The maximum atomic E-state index is 14.2. The van der Waals surface area contributed by atoms with Crippen LogP contribution in [0.25, 0.3) is 6.08 Å². The van der Waals surface area contributed by atoms with Gasteiger partial charge in [-0.2, -0.15) is 4.99 Å². The Morgan fingerprint density at radius 1 is 1.00 bits per heavy atom. The Kier molecular flexibility index (Phi) is 13.4. The summed E-state index contributed by atoms with van der Waals surface area (Å²) in [5.74, 6) is -0.666. The largest absolute Gasteiger partial charge is 0.493 e. The van der Waals surface area contributed by atoms with Gasteiger partial charge in [-0.25, -0.2) is 0 Å². The van der Waals surface area contributed by atoms with Gasteiger partial charge in [-0.15, -0.1) is 0 Å². The lowest BCUT2D eigenvalue weighted by Crippen LogP contribution is -2.42. The number of nitrogens with zero attached hydrogens (tertiary/aromatic N) is 2. The fourth-order valence-electron chi connectivity index (χ4n) is 5.48. The molecule has 0 atom stereocenters. The number of hydrogen-bond acceptors (Lipinski definition) is 6. The van der Waals surface area contributed by atoms with Gasteiger partial charge in [0.15, 0.2) is 16.7 Å². The molecule has 0 spiro atoms.